The molecular weight excluding hydrogens is 482 g/mol. The van der Waals surface area contributed by atoms with Crippen LogP contribution < -0.4 is 4.90 Å². The number of fused-ring (bicyclic) bond motifs is 1. The smallest absolute Gasteiger partial charge is 0.268 e. The van der Waals surface area contributed by atoms with Crippen molar-refractivity contribution in [1.82, 2.24) is 4.90 Å². The van der Waals surface area contributed by atoms with E-state index in [0.29, 0.717) is 22.3 Å². The first-order chi connectivity index (χ1) is 12.8. The molecule has 2 aromatic rings. The maximum absolute atomic E-state index is 14.9. The summed E-state index contributed by atoms with van der Waals surface area (Å²) in [5, 5.41) is 11.7. The van der Waals surface area contributed by atoms with Gasteiger partial charge in [0.2, 0.25) is 5.60 Å². The van der Waals surface area contributed by atoms with E-state index in [1.807, 2.05) is 36.4 Å². The largest absolute Gasteiger partial charge is 0.372 e. The molecule has 0 spiro atoms. The molecular formula is C20H21ClFIN2O2. The molecule has 3 rings (SSSR count). The molecule has 4 nitrogen and oxygen atoms in total. The number of carbonyl (C=O) groups is 1. The van der Waals surface area contributed by atoms with Gasteiger partial charge in [-0.05, 0) is 53.9 Å². The van der Waals surface area contributed by atoms with Crippen molar-refractivity contribution in [2.24, 2.45) is 0 Å². The van der Waals surface area contributed by atoms with E-state index in [4.69, 9.17) is 11.6 Å². The molecule has 2 aromatic carbocycles. The van der Waals surface area contributed by atoms with Crippen molar-refractivity contribution in [1.29, 1.82) is 0 Å². The Morgan fingerprint density at radius 2 is 1.93 bits per heavy atom. The molecule has 1 atom stereocenters. The molecule has 0 aromatic heterocycles. The molecule has 0 fully saturated rings. The van der Waals surface area contributed by atoms with Crippen molar-refractivity contribution in [2.75, 3.05) is 31.1 Å². The molecule has 0 saturated heterocycles. The van der Waals surface area contributed by atoms with Gasteiger partial charge in [-0.25, -0.2) is 4.39 Å². The summed E-state index contributed by atoms with van der Waals surface area (Å²) in [5.74, 6) is -1.18. The van der Waals surface area contributed by atoms with E-state index < -0.39 is 17.3 Å². The molecule has 1 heterocycles. The van der Waals surface area contributed by atoms with Crippen molar-refractivity contribution in [3.8, 4) is 0 Å². The molecule has 0 bridgehead atoms. The van der Waals surface area contributed by atoms with Crippen molar-refractivity contribution in [3.63, 3.8) is 0 Å². The summed E-state index contributed by atoms with van der Waals surface area (Å²) >= 11 is 8.28. The molecule has 27 heavy (non-hydrogen) atoms. The third kappa shape index (κ3) is 3.48. The summed E-state index contributed by atoms with van der Waals surface area (Å²) in [6, 6.07) is 9.59. The van der Waals surface area contributed by atoms with Crippen molar-refractivity contribution in [2.45, 2.75) is 19.4 Å². The number of hydrogen-bond donors (Lipinski definition) is 1. The van der Waals surface area contributed by atoms with Crippen LogP contribution in [0.1, 0.15) is 25.0 Å². The van der Waals surface area contributed by atoms with E-state index in [1.54, 1.807) is 30.3 Å². The first-order valence-electron chi connectivity index (χ1n) is 8.85. The first kappa shape index (κ1) is 20.5. The lowest BCUT2D eigenvalue weighted by Crippen LogP contribution is -2.44. The number of carbonyl (C=O) groups excluding carboxylic acids is 1. The highest BCUT2D eigenvalue weighted by Gasteiger charge is 2.53. The zero-order valence-corrected chi connectivity index (χ0v) is 18.1. The minimum Gasteiger partial charge on any atom is -0.372 e. The van der Waals surface area contributed by atoms with Crippen LogP contribution in [0.4, 0.5) is 10.1 Å². The van der Waals surface area contributed by atoms with Crippen LogP contribution in [0.3, 0.4) is 0 Å². The van der Waals surface area contributed by atoms with Crippen LogP contribution in [0.15, 0.2) is 36.4 Å². The highest BCUT2D eigenvalue weighted by Crippen LogP contribution is 2.47. The summed E-state index contributed by atoms with van der Waals surface area (Å²) < 4.78 is 15.6. The average molecular weight is 503 g/mol. The Bertz CT molecular complexity index is 875. The second-order valence-corrected chi connectivity index (χ2v) is 8.11. The fourth-order valence-corrected chi connectivity index (χ4v) is 4.39. The summed E-state index contributed by atoms with van der Waals surface area (Å²) in [7, 11) is 0. The third-order valence-corrected chi connectivity index (χ3v) is 5.99. The van der Waals surface area contributed by atoms with Gasteiger partial charge in [0.1, 0.15) is 5.82 Å². The number of nitrogens with zero attached hydrogens (tertiary/aromatic N) is 2. The third-order valence-electron chi connectivity index (χ3n) is 5.04. The van der Waals surface area contributed by atoms with E-state index >= 15 is 0 Å². The molecule has 1 unspecified atom stereocenters. The maximum atomic E-state index is 14.9. The zero-order chi connectivity index (χ0) is 19.8. The van der Waals surface area contributed by atoms with Crippen LogP contribution in [-0.4, -0.2) is 42.1 Å². The topological polar surface area (TPSA) is 43.8 Å². The number of halogens is 3. The quantitative estimate of drug-likeness (QED) is 0.607. The van der Waals surface area contributed by atoms with Crippen LogP contribution in [0.5, 0.6) is 0 Å². The lowest BCUT2D eigenvalue weighted by Gasteiger charge is -2.26. The molecule has 1 aliphatic heterocycles. The van der Waals surface area contributed by atoms with Crippen LogP contribution in [0, 0.1) is 9.39 Å². The normalized spacial score (nSPS) is 19.1. The fourth-order valence-electron chi connectivity index (χ4n) is 3.55. The van der Waals surface area contributed by atoms with Gasteiger partial charge < -0.3 is 14.9 Å². The number of aliphatic hydroxyl groups is 1. The van der Waals surface area contributed by atoms with Gasteiger partial charge in [0.25, 0.3) is 5.91 Å². The SMILES string of the molecule is CCN(CC)CCN1C(=O)C(O)(c2ccccc2Cl)c2c(F)cc(I)cc21. The lowest BCUT2D eigenvalue weighted by molar-refractivity contribution is -0.132. The number of benzene rings is 2. The summed E-state index contributed by atoms with van der Waals surface area (Å²) in [4.78, 5) is 17.0. The monoisotopic (exact) mass is 502 g/mol. The van der Waals surface area contributed by atoms with Gasteiger partial charge in [0, 0.05) is 27.2 Å². The molecule has 1 N–H and O–H groups in total. The van der Waals surface area contributed by atoms with Crippen molar-refractivity contribution in [3.05, 3.63) is 61.9 Å². The second kappa shape index (κ2) is 8.03. The summed E-state index contributed by atoms with van der Waals surface area (Å²) in [6.45, 7) is 6.78. The minimum atomic E-state index is -2.13. The highest BCUT2D eigenvalue weighted by molar-refractivity contribution is 14.1. The second-order valence-electron chi connectivity index (χ2n) is 6.46. The van der Waals surface area contributed by atoms with Crippen LogP contribution in [0.2, 0.25) is 5.02 Å². The lowest BCUT2D eigenvalue weighted by atomic mass is 9.87. The molecule has 144 valence electrons. The minimum absolute atomic E-state index is 0.0273. The van der Waals surface area contributed by atoms with Gasteiger partial charge >= 0.3 is 0 Å². The summed E-state index contributed by atoms with van der Waals surface area (Å²) in [6.07, 6.45) is 0. The Balaban J connectivity index is 2.13. The average Bonchev–Trinajstić information content (AvgIpc) is 2.85. The number of anilines is 1. The van der Waals surface area contributed by atoms with Gasteiger partial charge in [-0.1, -0.05) is 43.6 Å². The number of hydrogen-bond acceptors (Lipinski definition) is 3. The Kier molecular flexibility index (Phi) is 6.10. The predicted octanol–water partition coefficient (Wildman–Crippen LogP) is 4.01. The number of likely N-dealkylation sites (N-methyl/N-ethyl adjacent to an activating group) is 1. The van der Waals surface area contributed by atoms with Crippen LogP contribution >= 0.6 is 34.2 Å². The van der Waals surface area contributed by atoms with Gasteiger partial charge in [-0.3, -0.25) is 4.79 Å². The Labute approximate surface area is 177 Å². The van der Waals surface area contributed by atoms with E-state index in [1.165, 1.54) is 11.0 Å². The maximum Gasteiger partial charge on any atom is 0.268 e. The fraction of sp³-hybridized carbons (Fsp3) is 0.350. The molecule has 7 heteroatoms. The standard InChI is InChI=1S/C20H21ClFIN2O2/c1-3-24(4-2)9-10-25-17-12-13(23)11-16(22)18(17)20(27,19(25)26)14-7-5-6-8-15(14)21/h5-8,11-12,27H,3-4,9-10H2,1-2H3. The van der Waals surface area contributed by atoms with E-state index in [2.05, 4.69) is 4.90 Å². The van der Waals surface area contributed by atoms with E-state index in [-0.39, 0.29) is 16.1 Å². The van der Waals surface area contributed by atoms with Crippen LogP contribution in [-0.2, 0) is 10.4 Å². The molecule has 0 radical (unpaired) electrons. The molecule has 0 aliphatic carbocycles. The van der Waals surface area contributed by atoms with Crippen molar-refractivity contribution < 1.29 is 14.3 Å². The Morgan fingerprint density at radius 3 is 2.56 bits per heavy atom. The number of rotatable bonds is 6. The molecule has 1 aliphatic rings. The molecule has 0 saturated carbocycles. The highest BCUT2D eigenvalue weighted by atomic mass is 127. The van der Waals surface area contributed by atoms with Gasteiger partial charge in [0.15, 0.2) is 0 Å². The van der Waals surface area contributed by atoms with E-state index in [9.17, 15) is 14.3 Å². The van der Waals surface area contributed by atoms with Gasteiger partial charge in [-0.2, -0.15) is 0 Å². The first-order valence-corrected chi connectivity index (χ1v) is 10.3. The van der Waals surface area contributed by atoms with Crippen molar-refractivity contribution >= 4 is 45.8 Å². The van der Waals surface area contributed by atoms with Gasteiger partial charge in [0.05, 0.1) is 11.3 Å². The van der Waals surface area contributed by atoms with E-state index in [0.717, 1.165) is 13.1 Å². The Hall–Kier alpha value is -1.22. The number of amides is 1. The van der Waals surface area contributed by atoms with Gasteiger partial charge in [-0.15, -0.1) is 0 Å². The zero-order valence-electron chi connectivity index (χ0n) is 15.2. The summed E-state index contributed by atoms with van der Waals surface area (Å²) in [5.41, 5.74) is -1.56. The predicted molar refractivity (Wildman–Crippen MR) is 114 cm³/mol. The molecule has 1 amide bonds. The Morgan fingerprint density at radius 1 is 1.26 bits per heavy atom. The van der Waals surface area contributed by atoms with Crippen LogP contribution in [0.25, 0.3) is 0 Å².